The van der Waals surface area contributed by atoms with Crippen LogP contribution in [-0.4, -0.2) is 15.7 Å². The fourth-order valence-electron chi connectivity index (χ4n) is 1.21. The number of aryl methyl sites for hydroxylation is 1. The first-order valence-electron chi connectivity index (χ1n) is 4.56. The van der Waals surface area contributed by atoms with Crippen molar-refractivity contribution in [3.8, 4) is 5.75 Å². The SMILES string of the molecule is CCc1ccc(O)c(C(=O)C(C)Br)c1. The molecule has 0 aromatic heterocycles. The predicted molar refractivity (Wildman–Crippen MR) is 60.2 cm³/mol. The van der Waals surface area contributed by atoms with Crippen LogP contribution < -0.4 is 0 Å². The van der Waals surface area contributed by atoms with E-state index in [1.54, 1.807) is 19.1 Å². The van der Waals surface area contributed by atoms with E-state index in [-0.39, 0.29) is 16.4 Å². The van der Waals surface area contributed by atoms with Crippen molar-refractivity contribution in [3.05, 3.63) is 29.3 Å². The van der Waals surface area contributed by atoms with E-state index in [9.17, 15) is 9.90 Å². The van der Waals surface area contributed by atoms with Crippen LogP contribution in [0.5, 0.6) is 5.75 Å². The van der Waals surface area contributed by atoms with Crippen molar-refractivity contribution in [2.24, 2.45) is 0 Å². The molecule has 0 aliphatic heterocycles. The molecule has 0 saturated carbocycles. The van der Waals surface area contributed by atoms with Crippen molar-refractivity contribution >= 4 is 21.7 Å². The number of phenolic OH excluding ortho intramolecular Hbond substituents is 1. The minimum absolute atomic E-state index is 0.0542. The zero-order valence-electron chi connectivity index (χ0n) is 8.25. The predicted octanol–water partition coefficient (Wildman–Crippen LogP) is 2.92. The molecule has 1 unspecified atom stereocenters. The smallest absolute Gasteiger partial charge is 0.179 e. The normalized spacial score (nSPS) is 12.5. The number of hydrogen-bond acceptors (Lipinski definition) is 2. The third kappa shape index (κ3) is 2.35. The standard InChI is InChI=1S/C11H13BrO2/c1-3-8-4-5-10(13)9(6-8)11(14)7(2)12/h4-7,13H,3H2,1-2H3. The van der Waals surface area contributed by atoms with Gasteiger partial charge in [0.2, 0.25) is 0 Å². The second-order valence-electron chi connectivity index (χ2n) is 3.19. The van der Waals surface area contributed by atoms with Gasteiger partial charge in [0, 0.05) is 0 Å². The molecule has 0 amide bonds. The van der Waals surface area contributed by atoms with Crippen LogP contribution in [0.4, 0.5) is 0 Å². The van der Waals surface area contributed by atoms with Gasteiger partial charge in [0.1, 0.15) is 5.75 Å². The maximum Gasteiger partial charge on any atom is 0.179 e. The van der Waals surface area contributed by atoms with Crippen LogP contribution in [0.1, 0.15) is 29.8 Å². The Morgan fingerprint density at radius 3 is 2.71 bits per heavy atom. The molecule has 76 valence electrons. The van der Waals surface area contributed by atoms with Crippen molar-refractivity contribution in [1.29, 1.82) is 0 Å². The molecule has 0 bridgehead atoms. The molecule has 0 aliphatic rings. The lowest BCUT2D eigenvalue weighted by atomic mass is 10.0. The summed E-state index contributed by atoms with van der Waals surface area (Å²) in [5.74, 6) is -0.0312. The third-order valence-electron chi connectivity index (χ3n) is 2.10. The summed E-state index contributed by atoms with van der Waals surface area (Å²) in [6.45, 7) is 3.76. The second kappa shape index (κ2) is 4.60. The molecule has 0 heterocycles. The largest absolute Gasteiger partial charge is 0.507 e. The number of ketones is 1. The topological polar surface area (TPSA) is 37.3 Å². The minimum atomic E-state index is -0.263. The van der Waals surface area contributed by atoms with E-state index in [4.69, 9.17) is 0 Å². The average molecular weight is 257 g/mol. The van der Waals surface area contributed by atoms with Gasteiger partial charge in [-0.05, 0) is 31.0 Å². The highest BCUT2D eigenvalue weighted by Gasteiger charge is 2.15. The van der Waals surface area contributed by atoms with Crippen molar-refractivity contribution in [3.63, 3.8) is 0 Å². The zero-order chi connectivity index (χ0) is 10.7. The molecule has 0 radical (unpaired) electrons. The first-order valence-corrected chi connectivity index (χ1v) is 5.48. The monoisotopic (exact) mass is 256 g/mol. The van der Waals surface area contributed by atoms with Crippen LogP contribution in [0, 0.1) is 0 Å². The van der Waals surface area contributed by atoms with Crippen LogP contribution in [0.2, 0.25) is 0 Å². The first-order chi connectivity index (χ1) is 6.56. The van der Waals surface area contributed by atoms with E-state index >= 15 is 0 Å². The highest BCUT2D eigenvalue weighted by atomic mass is 79.9. The summed E-state index contributed by atoms with van der Waals surface area (Å²) in [5, 5.41) is 9.51. The number of phenols is 1. The summed E-state index contributed by atoms with van der Waals surface area (Å²) in [4.78, 5) is 11.4. The summed E-state index contributed by atoms with van der Waals surface area (Å²) in [6.07, 6.45) is 0.858. The molecular weight excluding hydrogens is 244 g/mol. The van der Waals surface area contributed by atoms with E-state index < -0.39 is 0 Å². The number of alkyl halides is 1. The first kappa shape index (κ1) is 11.2. The number of hydrogen-bond donors (Lipinski definition) is 1. The molecule has 1 N–H and O–H groups in total. The lowest BCUT2D eigenvalue weighted by Gasteiger charge is -2.07. The van der Waals surface area contributed by atoms with Crippen molar-refractivity contribution in [2.75, 3.05) is 0 Å². The van der Waals surface area contributed by atoms with Gasteiger partial charge in [0.05, 0.1) is 10.4 Å². The fraction of sp³-hybridized carbons (Fsp3) is 0.364. The van der Waals surface area contributed by atoms with Crippen molar-refractivity contribution in [2.45, 2.75) is 25.1 Å². The number of aromatic hydroxyl groups is 1. The summed E-state index contributed by atoms with van der Waals surface area (Å²) in [5.41, 5.74) is 1.45. The van der Waals surface area contributed by atoms with E-state index in [2.05, 4.69) is 15.9 Å². The Morgan fingerprint density at radius 2 is 2.21 bits per heavy atom. The second-order valence-corrected chi connectivity index (χ2v) is 4.56. The number of benzene rings is 1. The number of carbonyl (C=O) groups is 1. The summed E-state index contributed by atoms with van der Waals surface area (Å²) < 4.78 is 0. The van der Waals surface area contributed by atoms with Crippen molar-refractivity contribution < 1.29 is 9.90 Å². The van der Waals surface area contributed by atoms with Crippen molar-refractivity contribution in [1.82, 2.24) is 0 Å². The van der Waals surface area contributed by atoms with Gasteiger partial charge in [-0.25, -0.2) is 0 Å². The Morgan fingerprint density at radius 1 is 1.57 bits per heavy atom. The zero-order valence-corrected chi connectivity index (χ0v) is 9.84. The van der Waals surface area contributed by atoms with Crippen LogP contribution >= 0.6 is 15.9 Å². The van der Waals surface area contributed by atoms with E-state index in [1.807, 2.05) is 13.0 Å². The molecule has 1 aromatic rings. The number of Topliss-reactive ketones (excluding diaryl/α,β-unsaturated/α-hetero) is 1. The Bertz CT molecular complexity index is 345. The van der Waals surface area contributed by atoms with Crippen LogP contribution in [-0.2, 0) is 6.42 Å². The van der Waals surface area contributed by atoms with Gasteiger partial charge in [-0.2, -0.15) is 0 Å². The molecular formula is C11H13BrO2. The molecule has 14 heavy (non-hydrogen) atoms. The summed E-state index contributed by atoms with van der Waals surface area (Å²) >= 11 is 3.20. The molecule has 2 nitrogen and oxygen atoms in total. The maximum atomic E-state index is 11.6. The molecule has 1 atom stereocenters. The Labute approximate surface area is 92.1 Å². The lowest BCUT2D eigenvalue weighted by molar-refractivity contribution is 0.0993. The quantitative estimate of drug-likeness (QED) is 0.667. The van der Waals surface area contributed by atoms with E-state index in [0.717, 1.165) is 12.0 Å². The summed E-state index contributed by atoms with van der Waals surface area (Å²) in [7, 11) is 0. The third-order valence-corrected chi connectivity index (χ3v) is 2.51. The fourth-order valence-corrected chi connectivity index (χ4v) is 1.46. The van der Waals surface area contributed by atoms with Gasteiger partial charge < -0.3 is 5.11 Å². The molecule has 1 rings (SSSR count). The average Bonchev–Trinajstić information content (AvgIpc) is 2.17. The molecule has 0 aliphatic carbocycles. The highest BCUT2D eigenvalue weighted by Crippen LogP contribution is 2.22. The maximum absolute atomic E-state index is 11.6. The van der Waals surface area contributed by atoms with Crippen LogP contribution in [0.15, 0.2) is 18.2 Å². The summed E-state index contributed by atoms with van der Waals surface area (Å²) in [6, 6.07) is 5.14. The molecule has 3 heteroatoms. The number of rotatable bonds is 3. The van der Waals surface area contributed by atoms with Crippen LogP contribution in [0.3, 0.4) is 0 Å². The molecule has 1 aromatic carbocycles. The Kier molecular flexibility index (Phi) is 3.69. The molecule has 0 fully saturated rings. The van der Waals surface area contributed by atoms with Gasteiger partial charge in [-0.1, -0.05) is 28.9 Å². The van der Waals surface area contributed by atoms with Gasteiger partial charge >= 0.3 is 0 Å². The van der Waals surface area contributed by atoms with Gasteiger partial charge in [-0.15, -0.1) is 0 Å². The molecule has 0 spiro atoms. The van der Waals surface area contributed by atoms with Gasteiger partial charge in [0.15, 0.2) is 5.78 Å². The van der Waals surface area contributed by atoms with Gasteiger partial charge in [0.25, 0.3) is 0 Å². The number of carbonyl (C=O) groups excluding carboxylic acids is 1. The Hall–Kier alpha value is -0.830. The van der Waals surface area contributed by atoms with Crippen LogP contribution in [0.25, 0.3) is 0 Å². The molecule has 0 saturated heterocycles. The van der Waals surface area contributed by atoms with Gasteiger partial charge in [-0.3, -0.25) is 4.79 Å². The lowest BCUT2D eigenvalue weighted by Crippen LogP contribution is -2.10. The Balaban J connectivity index is 3.12. The number of halogens is 1. The minimum Gasteiger partial charge on any atom is -0.507 e. The van der Waals surface area contributed by atoms with E-state index in [0.29, 0.717) is 5.56 Å². The van der Waals surface area contributed by atoms with E-state index in [1.165, 1.54) is 0 Å². The highest BCUT2D eigenvalue weighted by molar-refractivity contribution is 9.10.